The van der Waals surface area contributed by atoms with Gasteiger partial charge in [-0.3, -0.25) is 4.79 Å². The van der Waals surface area contributed by atoms with Gasteiger partial charge < -0.3 is 5.73 Å². The highest BCUT2D eigenvalue weighted by molar-refractivity contribution is 6.02. The molecule has 2 N–H and O–H groups in total. The summed E-state index contributed by atoms with van der Waals surface area (Å²) < 4.78 is 12.8. The van der Waals surface area contributed by atoms with Crippen LogP contribution in [0.25, 0.3) is 0 Å². The van der Waals surface area contributed by atoms with Crippen LogP contribution in [-0.4, -0.2) is 5.78 Å². The minimum Gasteiger partial charge on any atom is -0.398 e. The third-order valence-corrected chi connectivity index (χ3v) is 2.79. The number of halogens is 1. The van der Waals surface area contributed by atoms with Gasteiger partial charge in [0.15, 0.2) is 5.78 Å². The summed E-state index contributed by atoms with van der Waals surface area (Å²) in [4.78, 5) is 12.1. The predicted octanol–water partition coefficient (Wildman–Crippen LogP) is 3.14. The molecule has 18 heavy (non-hydrogen) atoms. The van der Waals surface area contributed by atoms with E-state index in [0.29, 0.717) is 11.3 Å². The summed E-state index contributed by atoms with van der Waals surface area (Å²) in [5, 5.41) is 0. The van der Waals surface area contributed by atoms with Crippen molar-refractivity contribution in [2.45, 2.75) is 13.3 Å². The molecule has 0 amide bonds. The van der Waals surface area contributed by atoms with Crippen LogP contribution >= 0.6 is 0 Å². The summed E-state index contributed by atoms with van der Waals surface area (Å²) in [5.74, 6) is -0.357. The molecule has 0 spiro atoms. The van der Waals surface area contributed by atoms with E-state index in [4.69, 9.17) is 5.73 Å². The number of nitrogen functional groups attached to an aromatic ring is 1. The fourth-order valence-electron chi connectivity index (χ4n) is 1.79. The number of aryl methyl sites for hydroxylation is 1. The van der Waals surface area contributed by atoms with Gasteiger partial charge in [0.05, 0.1) is 0 Å². The van der Waals surface area contributed by atoms with E-state index in [0.717, 1.165) is 11.1 Å². The molecule has 92 valence electrons. The van der Waals surface area contributed by atoms with E-state index in [-0.39, 0.29) is 18.0 Å². The van der Waals surface area contributed by atoms with E-state index in [1.54, 1.807) is 24.3 Å². The Labute approximate surface area is 105 Å². The molecule has 0 aliphatic heterocycles. The molecule has 0 atom stereocenters. The molecular weight excluding hydrogens is 229 g/mol. The molecule has 0 radical (unpaired) electrons. The summed E-state index contributed by atoms with van der Waals surface area (Å²) in [7, 11) is 0. The smallest absolute Gasteiger partial charge is 0.169 e. The molecule has 0 aliphatic carbocycles. The molecule has 0 saturated heterocycles. The lowest BCUT2D eigenvalue weighted by Crippen LogP contribution is -2.07. The minimum atomic E-state index is -0.304. The molecule has 0 saturated carbocycles. The zero-order chi connectivity index (χ0) is 13.1. The molecule has 2 rings (SSSR count). The highest BCUT2D eigenvalue weighted by atomic mass is 19.1. The number of carbonyl (C=O) groups is 1. The monoisotopic (exact) mass is 243 g/mol. The van der Waals surface area contributed by atoms with E-state index in [9.17, 15) is 9.18 Å². The van der Waals surface area contributed by atoms with Crippen molar-refractivity contribution in [1.29, 1.82) is 0 Å². The van der Waals surface area contributed by atoms with Crippen molar-refractivity contribution in [3.8, 4) is 0 Å². The lowest BCUT2D eigenvalue weighted by Gasteiger charge is -2.06. The zero-order valence-electron chi connectivity index (χ0n) is 10.1. The normalized spacial score (nSPS) is 10.3. The first kappa shape index (κ1) is 12.3. The second-order valence-electron chi connectivity index (χ2n) is 4.32. The number of nitrogens with two attached hydrogens (primary N) is 1. The Hall–Kier alpha value is -2.16. The van der Waals surface area contributed by atoms with E-state index < -0.39 is 0 Å². The number of benzene rings is 2. The molecule has 0 bridgehead atoms. The number of hydrogen-bond acceptors (Lipinski definition) is 2. The van der Waals surface area contributed by atoms with E-state index in [1.807, 2.05) is 13.0 Å². The Morgan fingerprint density at radius 2 is 1.83 bits per heavy atom. The van der Waals surface area contributed by atoms with Crippen molar-refractivity contribution < 1.29 is 9.18 Å². The number of carbonyl (C=O) groups excluding carboxylic acids is 1. The molecule has 0 aromatic heterocycles. The van der Waals surface area contributed by atoms with Gasteiger partial charge >= 0.3 is 0 Å². The van der Waals surface area contributed by atoms with Crippen molar-refractivity contribution in [3.63, 3.8) is 0 Å². The minimum absolute atomic E-state index is 0.0530. The average molecular weight is 243 g/mol. The van der Waals surface area contributed by atoms with Crippen LogP contribution in [0.4, 0.5) is 10.1 Å². The van der Waals surface area contributed by atoms with Gasteiger partial charge in [-0.25, -0.2) is 4.39 Å². The van der Waals surface area contributed by atoms with Gasteiger partial charge in [-0.2, -0.15) is 0 Å². The molecule has 3 heteroatoms. The Morgan fingerprint density at radius 3 is 2.50 bits per heavy atom. The first-order chi connectivity index (χ1) is 8.56. The van der Waals surface area contributed by atoms with Crippen LogP contribution in [0.15, 0.2) is 42.5 Å². The Morgan fingerprint density at radius 1 is 1.17 bits per heavy atom. The average Bonchev–Trinajstić information content (AvgIpc) is 2.35. The van der Waals surface area contributed by atoms with Crippen molar-refractivity contribution in [1.82, 2.24) is 0 Å². The van der Waals surface area contributed by atoms with Crippen LogP contribution in [0.5, 0.6) is 0 Å². The van der Waals surface area contributed by atoms with E-state index >= 15 is 0 Å². The SMILES string of the molecule is Cc1ccc(N)c(C(=O)Cc2ccc(F)cc2)c1. The van der Waals surface area contributed by atoms with Crippen LogP contribution in [0.1, 0.15) is 21.5 Å². The topological polar surface area (TPSA) is 43.1 Å². The van der Waals surface area contributed by atoms with Crippen molar-refractivity contribution in [2.75, 3.05) is 5.73 Å². The number of anilines is 1. The van der Waals surface area contributed by atoms with Gasteiger partial charge in [0.1, 0.15) is 5.82 Å². The highest BCUT2D eigenvalue weighted by Gasteiger charge is 2.10. The van der Waals surface area contributed by atoms with Crippen LogP contribution in [-0.2, 0) is 6.42 Å². The third kappa shape index (κ3) is 2.74. The molecule has 2 nitrogen and oxygen atoms in total. The van der Waals surface area contributed by atoms with Crippen molar-refractivity contribution in [3.05, 3.63) is 65.0 Å². The number of Topliss-reactive ketones (excluding diaryl/α,β-unsaturated/α-hetero) is 1. The highest BCUT2D eigenvalue weighted by Crippen LogP contribution is 2.16. The summed E-state index contributed by atoms with van der Waals surface area (Å²) in [6.45, 7) is 1.91. The van der Waals surface area contributed by atoms with E-state index in [2.05, 4.69) is 0 Å². The lowest BCUT2D eigenvalue weighted by molar-refractivity contribution is 0.0993. The number of hydrogen-bond donors (Lipinski definition) is 1. The first-order valence-electron chi connectivity index (χ1n) is 5.70. The fraction of sp³-hybridized carbons (Fsp3) is 0.133. The zero-order valence-corrected chi connectivity index (χ0v) is 10.1. The van der Waals surface area contributed by atoms with Crippen LogP contribution in [0.3, 0.4) is 0 Å². The van der Waals surface area contributed by atoms with Crippen LogP contribution < -0.4 is 5.73 Å². The molecule has 2 aromatic rings. The van der Waals surface area contributed by atoms with Gasteiger partial charge in [0.25, 0.3) is 0 Å². The van der Waals surface area contributed by atoms with Gasteiger partial charge in [0.2, 0.25) is 0 Å². The first-order valence-corrected chi connectivity index (χ1v) is 5.70. The van der Waals surface area contributed by atoms with Gasteiger partial charge in [-0.05, 0) is 36.8 Å². The Kier molecular flexibility index (Phi) is 3.42. The van der Waals surface area contributed by atoms with Crippen molar-refractivity contribution in [2.24, 2.45) is 0 Å². The predicted molar refractivity (Wildman–Crippen MR) is 70.0 cm³/mol. The molecule has 2 aromatic carbocycles. The standard InChI is InChI=1S/C15H14FNO/c1-10-2-7-14(17)13(8-10)15(18)9-11-3-5-12(16)6-4-11/h2-8H,9,17H2,1H3. The van der Waals surface area contributed by atoms with Gasteiger partial charge in [-0.1, -0.05) is 23.8 Å². The van der Waals surface area contributed by atoms with Crippen molar-refractivity contribution >= 4 is 11.5 Å². The maximum atomic E-state index is 12.8. The number of ketones is 1. The maximum absolute atomic E-state index is 12.8. The molecule has 0 unspecified atom stereocenters. The molecule has 0 heterocycles. The van der Waals surface area contributed by atoms with Crippen LogP contribution in [0, 0.1) is 12.7 Å². The second kappa shape index (κ2) is 5.00. The lowest BCUT2D eigenvalue weighted by atomic mass is 10.00. The summed E-state index contributed by atoms with van der Waals surface area (Å²) >= 11 is 0. The number of rotatable bonds is 3. The Bertz CT molecular complexity index is 576. The quantitative estimate of drug-likeness (QED) is 0.664. The van der Waals surface area contributed by atoms with Gasteiger partial charge in [0, 0.05) is 17.7 Å². The molecule has 0 aliphatic rings. The van der Waals surface area contributed by atoms with E-state index in [1.165, 1.54) is 12.1 Å². The third-order valence-electron chi connectivity index (χ3n) is 2.79. The maximum Gasteiger partial charge on any atom is 0.169 e. The molecular formula is C15H14FNO. The second-order valence-corrected chi connectivity index (χ2v) is 4.32. The van der Waals surface area contributed by atoms with Gasteiger partial charge in [-0.15, -0.1) is 0 Å². The Balaban J connectivity index is 2.21. The summed E-state index contributed by atoms with van der Waals surface area (Å²) in [6.07, 6.45) is 0.230. The van der Waals surface area contributed by atoms with Crippen LogP contribution in [0.2, 0.25) is 0 Å². The largest absolute Gasteiger partial charge is 0.398 e. The summed E-state index contributed by atoms with van der Waals surface area (Å²) in [6, 6.07) is 11.3. The molecule has 0 fully saturated rings. The fourth-order valence-corrected chi connectivity index (χ4v) is 1.79. The summed E-state index contributed by atoms with van der Waals surface area (Å²) in [5.41, 5.74) is 8.57.